The first-order valence-electron chi connectivity index (χ1n) is 9.87. The number of morpholine rings is 1. The molecule has 31 heavy (non-hydrogen) atoms. The molecule has 0 unspecified atom stereocenters. The molecule has 0 amide bonds. The normalized spacial score (nSPS) is 19.9. The fourth-order valence-corrected chi connectivity index (χ4v) is 5.97. The van der Waals surface area contributed by atoms with Crippen LogP contribution in [0.25, 0.3) is 0 Å². The standard InChI is InChI=1S/C17H27N5O7S2/c1-30(25,26)20-8-6-19(7-9-20)5-4-18-16-3-2-15(22(23)24)14-17(16)31(27,28)21-10-12-29-13-11-21/h2-3,14,18H,4-13H2,1H3. The van der Waals surface area contributed by atoms with Gasteiger partial charge in [-0.25, -0.2) is 16.8 Å². The van der Waals surface area contributed by atoms with Crippen molar-refractivity contribution < 1.29 is 26.5 Å². The molecule has 2 heterocycles. The molecule has 0 saturated carbocycles. The quantitative estimate of drug-likeness (QED) is 0.391. The molecule has 14 heteroatoms. The van der Waals surface area contributed by atoms with Crippen molar-refractivity contribution in [1.29, 1.82) is 0 Å². The van der Waals surface area contributed by atoms with E-state index in [0.717, 1.165) is 6.07 Å². The number of hydrogen-bond donors (Lipinski definition) is 1. The number of piperazine rings is 1. The molecule has 1 aromatic carbocycles. The molecular formula is C17H27N5O7S2. The van der Waals surface area contributed by atoms with Gasteiger partial charge in [0.15, 0.2) is 0 Å². The van der Waals surface area contributed by atoms with E-state index in [1.165, 1.54) is 27.0 Å². The Morgan fingerprint density at radius 1 is 1.03 bits per heavy atom. The molecule has 2 fully saturated rings. The summed E-state index contributed by atoms with van der Waals surface area (Å²) in [6.45, 7) is 3.88. The second-order valence-corrected chi connectivity index (χ2v) is 11.3. The molecule has 0 aliphatic carbocycles. The van der Waals surface area contributed by atoms with Gasteiger partial charge in [0.1, 0.15) is 4.90 Å². The zero-order valence-corrected chi connectivity index (χ0v) is 18.9. The van der Waals surface area contributed by atoms with Crippen LogP contribution in [0.3, 0.4) is 0 Å². The monoisotopic (exact) mass is 477 g/mol. The van der Waals surface area contributed by atoms with Gasteiger partial charge in [0.2, 0.25) is 20.0 Å². The summed E-state index contributed by atoms with van der Waals surface area (Å²) < 4.78 is 57.3. The van der Waals surface area contributed by atoms with Crippen molar-refractivity contribution in [1.82, 2.24) is 13.5 Å². The highest BCUT2D eigenvalue weighted by atomic mass is 32.2. The largest absolute Gasteiger partial charge is 0.383 e. The van der Waals surface area contributed by atoms with Crippen molar-refractivity contribution in [3.05, 3.63) is 28.3 Å². The third-order valence-corrected chi connectivity index (χ3v) is 8.55. The Labute approximate surface area is 182 Å². The lowest BCUT2D eigenvalue weighted by molar-refractivity contribution is -0.385. The number of nitro groups is 1. The Balaban J connectivity index is 1.69. The van der Waals surface area contributed by atoms with Gasteiger partial charge in [-0.15, -0.1) is 0 Å². The van der Waals surface area contributed by atoms with Gasteiger partial charge in [0.25, 0.3) is 5.69 Å². The van der Waals surface area contributed by atoms with Gasteiger partial charge in [-0.2, -0.15) is 8.61 Å². The second kappa shape index (κ2) is 9.75. The lowest BCUT2D eigenvalue weighted by atomic mass is 10.2. The summed E-state index contributed by atoms with van der Waals surface area (Å²) >= 11 is 0. The van der Waals surface area contributed by atoms with Crippen LogP contribution in [0.5, 0.6) is 0 Å². The van der Waals surface area contributed by atoms with Crippen LogP contribution in [-0.4, -0.2) is 107 Å². The fourth-order valence-electron chi connectivity index (χ4n) is 3.54. The van der Waals surface area contributed by atoms with Crippen LogP contribution >= 0.6 is 0 Å². The number of rotatable bonds is 8. The molecule has 0 radical (unpaired) electrons. The summed E-state index contributed by atoms with van der Waals surface area (Å²) in [5, 5.41) is 14.3. The van der Waals surface area contributed by atoms with E-state index in [-0.39, 0.29) is 36.9 Å². The highest BCUT2D eigenvalue weighted by molar-refractivity contribution is 7.89. The number of nitrogens with one attached hydrogen (secondary N) is 1. The third kappa shape index (κ3) is 5.90. The van der Waals surface area contributed by atoms with E-state index in [0.29, 0.717) is 45.0 Å². The summed E-state index contributed by atoms with van der Waals surface area (Å²) in [6, 6.07) is 3.76. The minimum atomic E-state index is -3.93. The first kappa shape index (κ1) is 23.8. The maximum atomic E-state index is 13.1. The van der Waals surface area contributed by atoms with Crippen molar-refractivity contribution in [3.63, 3.8) is 0 Å². The van der Waals surface area contributed by atoms with E-state index in [4.69, 9.17) is 4.74 Å². The van der Waals surface area contributed by atoms with E-state index in [9.17, 15) is 26.9 Å². The van der Waals surface area contributed by atoms with Gasteiger partial charge in [0, 0.05) is 64.5 Å². The molecule has 2 saturated heterocycles. The second-order valence-electron chi connectivity index (χ2n) is 7.38. The van der Waals surface area contributed by atoms with Gasteiger partial charge < -0.3 is 10.1 Å². The zero-order valence-electron chi connectivity index (χ0n) is 17.3. The Morgan fingerprint density at radius 2 is 1.68 bits per heavy atom. The number of hydrogen-bond acceptors (Lipinski definition) is 9. The van der Waals surface area contributed by atoms with Crippen molar-refractivity contribution in [2.75, 3.05) is 77.1 Å². The molecule has 2 aliphatic rings. The van der Waals surface area contributed by atoms with E-state index in [2.05, 4.69) is 10.2 Å². The molecule has 1 N–H and O–H groups in total. The maximum absolute atomic E-state index is 13.1. The minimum Gasteiger partial charge on any atom is -0.383 e. The third-order valence-electron chi connectivity index (χ3n) is 5.31. The first-order valence-corrected chi connectivity index (χ1v) is 13.2. The first-order chi connectivity index (χ1) is 14.6. The number of non-ortho nitro benzene ring substituents is 1. The number of benzene rings is 1. The smallest absolute Gasteiger partial charge is 0.270 e. The Kier molecular flexibility index (Phi) is 7.49. The lowest BCUT2D eigenvalue weighted by Crippen LogP contribution is -2.49. The summed E-state index contributed by atoms with van der Waals surface area (Å²) in [5.74, 6) is 0. The van der Waals surface area contributed by atoms with Crippen molar-refractivity contribution >= 4 is 31.4 Å². The van der Waals surface area contributed by atoms with E-state index >= 15 is 0 Å². The highest BCUT2D eigenvalue weighted by Crippen LogP contribution is 2.29. The number of sulfonamides is 2. The number of ether oxygens (including phenoxy) is 1. The molecule has 12 nitrogen and oxygen atoms in total. The van der Waals surface area contributed by atoms with Crippen LogP contribution in [0.4, 0.5) is 11.4 Å². The van der Waals surface area contributed by atoms with Crippen molar-refractivity contribution in [3.8, 4) is 0 Å². The SMILES string of the molecule is CS(=O)(=O)N1CCN(CCNc2ccc([N+](=O)[O-])cc2S(=O)(=O)N2CCOCC2)CC1. The van der Waals surface area contributed by atoms with Gasteiger partial charge in [-0.05, 0) is 6.07 Å². The van der Waals surface area contributed by atoms with Crippen molar-refractivity contribution in [2.45, 2.75) is 4.90 Å². The van der Waals surface area contributed by atoms with Crippen LogP contribution in [0, 0.1) is 10.1 Å². The zero-order chi connectivity index (χ0) is 22.6. The average molecular weight is 478 g/mol. The van der Waals surface area contributed by atoms with Gasteiger partial charge >= 0.3 is 0 Å². The summed E-state index contributed by atoms with van der Waals surface area (Å²) in [6.07, 6.45) is 1.19. The van der Waals surface area contributed by atoms with Gasteiger partial charge in [0.05, 0.1) is 30.1 Å². The minimum absolute atomic E-state index is 0.134. The average Bonchev–Trinajstić information content (AvgIpc) is 2.74. The summed E-state index contributed by atoms with van der Waals surface area (Å²) in [7, 11) is -7.13. The highest BCUT2D eigenvalue weighted by Gasteiger charge is 2.30. The van der Waals surface area contributed by atoms with Crippen molar-refractivity contribution in [2.24, 2.45) is 0 Å². The molecule has 174 valence electrons. The number of nitro benzene ring substituents is 1. The number of nitrogens with zero attached hydrogens (tertiary/aromatic N) is 4. The molecule has 0 spiro atoms. The predicted molar refractivity (Wildman–Crippen MR) is 114 cm³/mol. The van der Waals surface area contributed by atoms with Crippen LogP contribution < -0.4 is 5.32 Å². The molecular weight excluding hydrogens is 450 g/mol. The van der Waals surface area contributed by atoms with Crippen LogP contribution in [0.2, 0.25) is 0 Å². The predicted octanol–water partition coefficient (Wildman–Crippen LogP) is -0.395. The van der Waals surface area contributed by atoms with E-state index < -0.39 is 25.0 Å². The summed E-state index contributed by atoms with van der Waals surface area (Å²) in [5.41, 5.74) is 0.00106. The van der Waals surface area contributed by atoms with Crippen LogP contribution in [0.1, 0.15) is 0 Å². The molecule has 0 bridgehead atoms. The fraction of sp³-hybridized carbons (Fsp3) is 0.647. The van der Waals surface area contributed by atoms with Gasteiger partial charge in [-0.3, -0.25) is 15.0 Å². The topological polar surface area (TPSA) is 142 Å². The van der Waals surface area contributed by atoms with Crippen LogP contribution in [-0.2, 0) is 24.8 Å². The Hall–Kier alpha value is -1.84. The molecule has 0 atom stereocenters. The molecule has 2 aliphatic heterocycles. The molecule has 3 rings (SSSR count). The van der Waals surface area contributed by atoms with Gasteiger partial charge in [-0.1, -0.05) is 0 Å². The molecule has 0 aromatic heterocycles. The number of anilines is 1. The summed E-state index contributed by atoms with van der Waals surface area (Å²) in [4.78, 5) is 12.5. The lowest BCUT2D eigenvalue weighted by Gasteiger charge is -2.33. The Bertz CT molecular complexity index is 1000. The maximum Gasteiger partial charge on any atom is 0.270 e. The Morgan fingerprint density at radius 3 is 2.26 bits per heavy atom. The van der Waals surface area contributed by atoms with E-state index in [1.807, 2.05) is 0 Å². The molecule has 1 aromatic rings. The van der Waals surface area contributed by atoms with E-state index in [1.54, 1.807) is 0 Å². The van der Waals surface area contributed by atoms with Crippen LogP contribution in [0.15, 0.2) is 23.1 Å².